The first-order valence-electron chi connectivity index (χ1n) is 8.49. The van der Waals surface area contributed by atoms with Crippen LogP contribution < -0.4 is 4.74 Å². The fourth-order valence-corrected chi connectivity index (χ4v) is 3.05. The summed E-state index contributed by atoms with van der Waals surface area (Å²) in [5, 5.41) is 10.6. The molecule has 4 heteroatoms. The molecule has 1 heterocycles. The Morgan fingerprint density at radius 1 is 1.20 bits per heavy atom. The lowest BCUT2D eigenvalue weighted by molar-refractivity contribution is 0.103. The maximum Gasteiger partial charge on any atom is 0.197 e. The summed E-state index contributed by atoms with van der Waals surface area (Å²) in [7, 11) is 1.59. The average Bonchev–Trinajstić information content (AvgIpc) is 2.98. The minimum atomic E-state index is -0.0995. The van der Waals surface area contributed by atoms with E-state index in [2.05, 4.69) is 6.92 Å². The van der Waals surface area contributed by atoms with Crippen molar-refractivity contribution in [2.24, 2.45) is 0 Å². The Hall–Kier alpha value is -2.75. The summed E-state index contributed by atoms with van der Waals surface area (Å²) in [4.78, 5) is 13.1. The van der Waals surface area contributed by atoms with Crippen LogP contribution in [0.4, 0.5) is 0 Å². The molecular formula is C21H22O4. The fraction of sp³-hybridized carbons (Fsp3) is 0.286. The monoisotopic (exact) mass is 338 g/mol. The van der Waals surface area contributed by atoms with Crippen molar-refractivity contribution in [2.45, 2.75) is 33.1 Å². The zero-order valence-electron chi connectivity index (χ0n) is 14.8. The third-order valence-electron chi connectivity index (χ3n) is 4.37. The molecule has 3 aromatic rings. The lowest BCUT2D eigenvalue weighted by Crippen LogP contribution is -2.04. The van der Waals surface area contributed by atoms with Crippen LogP contribution in [-0.2, 0) is 6.42 Å². The predicted octanol–water partition coefficient (Wildman–Crippen LogP) is 5.03. The molecular weight excluding hydrogens is 316 g/mol. The third kappa shape index (κ3) is 3.25. The highest BCUT2D eigenvalue weighted by molar-refractivity contribution is 6.17. The van der Waals surface area contributed by atoms with Gasteiger partial charge in [-0.25, -0.2) is 0 Å². The van der Waals surface area contributed by atoms with Gasteiger partial charge in [0.1, 0.15) is 22.8 Å². The number of carbonyl (C=O) groups is 1. The van der Waals surface area contributed by atoms with Crippen LogP contribution in [0.3, 0.4) is 0 Å². The minimum Gasteiger partial charge on any atom is -0.508 e. The number of carbonyl (C=O) groups excluding carboxylic acids is 1. The predicted molar refractivity (Wildman–Crippen MR) is 97.7 cm³/mol. The number of benzene rings is 2. The summed E-state index contributed by atoms with van der Waals surface area (Å²) in [6.07, 6.45) is 2.65. The largest absolute Gasteiger partial charge is 0.508 e. The van der Waals surface area contributed by atoms with Crippen LogP contribution in [0.25, 0.3) is 11.0 Å². The summed E-state index contributed by atoms with van der Waals surface area (Å²) >= 11 is 0. The van der Waals surface area contributed by atoms with Gasteiger partial charge in [-0.05, 0) is 55.3 Å². The molecule has 0 radical (unpaired) electrons. The molecule has 0 bridgehead atoms. The molecule has 2 aromatic carbocycles. The van der Waals surface area contributed by atoms with E-state index < -0.39 is 0 Å². The number of hydrogen-bond donors (Lipinski definition) is 1. The van der Waals surface area contributed by atoms with Crippen LogP contribution >= 0.6 is 0 Å². The number of hydrogen-bond acceptors (Lipinski definition) is 4. The molecule has 1 aromatic heterocycles. The van der Waals surface area contributed by atoms with E-state index in [9.17, 15) is 9.90 Å². The lowest BCUT2D eigenvalue weighted by Gasteiger charge is -2.05. The molecule has 0 saturated heterocycles. The van der Waals surface area contributed by atoms with Crippen molar-refractivity contribution < 1.29 is 19.1 Å². The molecule has 0 amide bonds. The molecule has 0 aliphatic carbocycles. The standard InChI is InChI=1S/C21H22O4/c1-4-5-6-18-19(17-12-15(22)11-13(2)21(17)25-18)20(23)14-7-9-16(24-3)10-8-14/h7-12,22H,4-6H2,1-3H3. The third-order valence-corrected chi connectivity index (χ3v) is 4.37. The van der Waals surface area contributed by atoms with Crippen molar-refractivity contribution in [1.82, 2.24) is 0 Å². The number of phenols is 1. The second-order valence-corrected chi connectivity index (χ2v) is 6.20. The molecule has 4 nitrogen and oxygen atoms in total. The SMILES string of the molecule is CCCCc1oc2c(C)cc(O)cc2c1C(=O)c1ccc(OC)cc1. The first-order chi connectivity index (χ1) is 12.0. The number of methoxy groups -OCH3 is 1. The summed E-state index contributed by atoms with van der Waals surface area (Å²) in [6, 6.07) is 10.3. The fourth-order valence-electron chi connectivity index (χ4n) is 3.05. The van der Waals surface area contributed by atoms with E-state index in [0.717, 1.165) is 18.4 Å². The molecule has 0 atom stereocenters. The molecule has 1 N–H and O–H groups in total. The molecule has 130 valence electrons. The van der Waals surface area contributed by atoms with Gasteiger partial charge in [0, 0.05) is 17.4 Å². The molecule has 0 aliphatic rings. The maximum atomic E-state index is 13.1. The summed E-state index contributed by atoms with van der Waals surface area (Å²) in [5.41, 5.74) is 2.61. The number of rotatable bonds is 6. The van der Waals surface area contributed by atoms with Gasteiger partial charge in [0.15, 0.2) is 5.78 Å². The van der Waals surface area contributed by atoms with E-state index >= 15 is 0 Å². The number of ether oxygens (including phenoxy) is 1. The summed E-state index contributed by atoms with van der Waals surface area (Å²) in [6.45, 7) is 3.97. The van der Waals surface area contributed by atoms with Crippen molar-refractivity contribution in [3.05, 3.63) is 58.8 Å². The Morgan fingerprint density at radius 3 is 2.56 bits per heavy atom. The van der Waals surface area contributed by atoms with Gasteiger partial charge in [-0.3, -0.25) is 4.79 Å². The Morgan fingerprint density at radius 2 is 1.92 bits per heavy atom. The molecule has 0 fully saturated rings. The number of furan rings is 1. The molecule has 3 rings (SSSR count). The topological polar surface area (TPSA) is 59.7 Å². The Bertz CT molecular complexity index is 904. The number of phenolic OH excluding ortho intramolecular Hbond substituents is 1. The van der Waals surface area contributed by atoms with E-state index in [4.69, 9.17) is 9.15 Å². The van der Waals surface area contributed by atoms with Gasteiger partial charge < -0.3 is 14.3 Å². The van der Waals surface area contributed by atoms with Crippen molar-refractivity contribution >= 4 is 16.8 Å². The number of fused-ring (bicyclic) bond motifs is 1. The maximum absolute atomic E-state index is 13.1. The highest BCUT2D eigenvalue weighted by Gasteiger charge is 2.23. The lowest BCUT2D eigenvalue weighted by atomic mass is 9.97. The Balaban J connectivity index is 2.15. The van der Waals surface area contributed by atoms with Crippen LogP contribution in [0.1, 0.15) is 47.0 Å². The van der Waals surface area contributed by atoms with Crippen LogP contribution in [-0.4, -0.2) is 18.0 Å². The molecule has 0 aliphatic heterocycles. The molecule has 0 unspecified atom stereocenters. The van der Waals surface area contributed by atoms with Crippen molar-refractivity contribution in [3.8, 4) is 11.5 Å². The first-order valence-corrected chi connectivity index (χ1v) is 8.49. The van der Waals surface area contributed by atoms with Gasteiger partial charge in [-0.2, -0.15) is 0 Å². The zero-order chi connectivity index (χ0) is 18.0. The van der Waals surface area contributed by atoms with E-state index in [-0.39, 0.29) is 11.5 Å². The Labute approximate surface area is 147 Å². The van der Waals surface area contributed by atoms with E-state index in [0.29, 0.717) is 40.0 Å². The van der Waals surface area contributed by atoms with Gasteiger partial charge >= 0.3 is 0 Å². The zero-order valence-corrected chi connectivity index (χ0v) is 14.8. The highest BCUT2D eigenvalue weighted by Crippen LogP contribution is 2.34. The number of unbranched alkanes of at least 4 members (excludes halogenated alkanes) is 1. The summed E-state index contributed by atoms with van der Waals surface area (Å²) in [5.74, 6) is 1.42. The normalized spacial score (nSPS) is 11.0. The number of aromatic hydroxyl groups is 1. The quantitative estimate of drug-likeness (QED) is 0.640. The second-order valence-electron chi connectivity index (χ2n) is 6.20. The van der Waals surface area contributed by atoms with Gasteiger partial charge in [0.25, 0.3) is 0 Å². The van der Waals surface area contributed by atoms with Gasteiger partial charge in [0.05, 0.1) is 12.7 Å². The minimum absolute atomic E-state index is 0.0995. The van der Waals surface area contributed by atoms with E-state index in [1.165, 1.54) is 0 Å². The van der Waals surface area contributed by atoms with Crippen molar-refractivity contribution in [1.29, 1.82) is 0 Å². The van der Waals surface area contributed by atoms with Crippen LogP contribution in [0.15, 0.2) is 40.8 Å². The number of ketones is 1. The van der Waals surface area contributed by atoms with Crippen LogP contribution in [0.2, 0.25) is 0 Å². The average molecular weight is 338 g/mol. The molecule has 25 heavy (non-hydrogen) atoms. The first kappa shape index (κ1) is 17.1. The van der Waals surface area contributed by atoms with Crippen molar-refractivity contribution in [3.63, 3.8) is 0 Å². The molecule has 0 spiro atoms. The second kappa shape index (κ2) is 7.01. The van der Waals surface area contributed by atoms with Gasteiger partial charge in [0.2, 0.25) is 0 Å². The van der Waals surface area contributed by atoms with E-state index in [1.807, 2.05) is 6.92 Å². The smallest absolute Gasteiger partial charge is 0.197 e. The van der Waals surface area contributed by atoms with E-state index in [1.54, 1.807) is 43.5 Å². The van der Waals surface area contributed by atoms with Crippen molar-refractivity contribution in [2.75, 3.05) is 7.11 Å². The van der Waals surface area contributed by atoms with Gasteiger partial charge in [-0.1, -0.05) is 13.3 Å². The van der Waals surface area contributed by atoms with Gasteiger partial charge in [-0.15, -0.1) is 0 Å². The summed E-state index contributed by atoms with van der Waals surface area (Å²) < 4.78 is 11.2. The Kier molecular flexibility index (Phi) is 4.79. The molecule has 0 saturated carbocycles. The van der Waals surface area contributed by atoms with Crippen LogP contribution in [0.5, 0.6) is 11.5 Å². The number of aryl methyl sites for hydroxylation is 2. The highest BCUT2D eigenvalue weighted by atomic mass is 16.5. The van der Waals surface area contributed by atoms with Crippen LogP contribution in [0, 0.1) is 6.92 Å².